The van der Waals surface area contributed by atoms with E-state index in [0.29, 0.717) is 5.89 Å². The van der Waals surface area contributed by atoms with Gasteiger partial charge >= 0.3 is 0 Å². The minimum Gasteiger partial charge on any atom is -0.353 e. The average Bonchev–Trinajstić information content (AvgIpc) is 3.16. The minimum atomic E-state index is 0.611. The lowest BCUT2D eigenvalue weighted by Gasteiger charge is -2.34. The molecule has 1 aliphatic heterocycles. The zero-order chi connectivity index (χ0) is 14.9. The van der Waals surface area contributed by atoms with Gasteiger partial charge in [-0.2, -0.15) is 9.50 Å². The number of anilines is 1. The van der Waals surface area contributed by atoms with Gasteiger partial charge in [-0.3, -0.25) is 4.90 Å². The van der Waals surface area contributed by atoms with Crippen molar-refractivity contribution in [1.29, 1.82) is 0 Å². The summed E-state index contributed by atoms with van der Waals surface area (Å²) in [6.07, 6.45) is 1.62. The van der Waals surface area contributed by atoms with Crippen molar-refractivity contribution >= 4 is 11.5 Å². The van der Waals surface area contributed by atoms with E-state index in [2.05, 4.69) is 35.2 Å². The van der Waals surface area contributed by atoms with Gasteiger partial charge in [0.1, 0.15) is 12.1 Å². The summed E-state index contributed by atoms with van der Waals surface area (Å²) in [6.45, 7) is 6.24. The third-order valence-electron chi connectivity index (χ3n) is 3.78. The van der Waals surface area contributed by atoms with Crippen LogP contribution in [-0.4, -0.2) is 61.0 Å². The van der Waals surface area contributed by atoms with Crippen molar-refractivity contribution in [2.75, 3.05) is 31.1 Å². The van der Waals surface area contributed by atoms with E-state index in [0.717, 1.165) is 50.0 Å². The van der Waals surface area contributed by atoms with E-state index >= 15 is 0 Å². The van der Waals surface area contributed by atoms with Crippen LogP contribution in [0.25, 0.3) is 5.65 Å². The molecule has 0 atom stereocenters. The van der Waals surface area contributed by atoms with Gasteiger partial charge in [-0.15, -0.1) is 15.3 Å². The molecule has 0 aromatic carbocycles. The molecule has 0 saturated carbocycles. The van der Waals surface area contributed by atoms with Crippen LogP contribution in [0.5, 0.6) is 0 Å². The van der Waals surface area contributed by atoms with Gasteiger partial charge in [-0.25, -0.2) is 0 Å². The van der Waals surface area contributed by atoms with Gasteiger partial charge in [0.25, 0.3) is 0 Å². The van der Waals surface area contributed by atoms with Crippen LogP contribution in [-0.2, 0) is 6.54 Å². The van der Waals surface area contributed by atoms with Crippen LogP contribution in [0.4, 0.5) is 5.82 Å². The van der Waals surface area contributed by atoms with Crippen LogP contribution in [0, 0.1) is 6.92 Å². The van der Waals surface area contributed by atoms with Crippen molar-refractivity contribution in [3.63, 3.8) is 0 Å². The zero-order valence-electron chi connectivity index (χ0n) is 12.3. The Labute approximate surface area is 126 Å². The molecule has 114 valence electrons. The summed E-state index contributed by atoms with van der Waals surface area (Å²) in [7, 11) is 0. The molecule has 0 amide bonds. The van der Waals surface area contributed by atoms with E-state index in [1.807, 2.05) is 12.1 Å². The second-order valence-corrected chi connectivity index (χ2v) is 5.32. The summed E-state index contributed by atoms with van der Waals surface area (Å²) < 4.78 is 6.71. The molecule has 9 heteroatoms. The lowest BCUT2D eigenvalue weighted by atomic mass is 10.3. The fourth-order valence-corrected chi connectivity index (χ4v) is 2.63. The number of nitrogens with zero attached hydrogens (tertiary/aromatic N) is 8. The largest absolute Gasteiger partial charge is 0.353 e. The number of hydrogen-bond acceptors (Lipinski definition) is 8. The number of piperazine rings is 1. The lowest BCUT2D eigenvalue weighted by Crippen LogP contribution is -2.46. The number of aromatic nitrogens is 6. The smallest absolute Gasteiger partial charge is 0.223 e. The maximum absolute atomic E-state index is 5.01. The van der Waals surface area contributed by atoms with E-state index < -0.39 is 0 Å². The average molecular weight is 300 g/mol. The zero-order valence-corrected chi connectivity index (χ0v) is 12.3. The highest BCUT2D eigenvalue weighted by atomic mass is 16.5. The SMILES string of the molecule is Cc1nc(CN2CCN(c3ccc4nncn4n3)CC2)no1. The monoisotopic (exact) mass is 300 g/mol. The first-order chi connectivity index (χ1) is 10.8. The maximum Gasteiger partial charge on any atom is 0.223 e. The van der Waals surface area contributed by atoms with Gasteiger partial charge in [0, 0.05) is 33.1 Å². The van der Waals surface area contributed by atoms with Gasteiger partial charge < -0.3 is 9.42 Å². The molecule has 0 spiro atoms. The summed E-state index contributed by atoms with van der Waals surface area (Å²) in [6, 6.07) is 3.92. The molecule has 22 heavy (non-hydrogen) atoms. The highest BCUT2D eigenvalue weighted by Crippen LogP contribution is 2.14. The van der Waals surface area contributed by atoms with E-state index in [9.17, 15) is 0 Å². The van der Waals surface area contributed by atoms with Crippen molar-refractivity contribution < 1.29 is 4.52 Å². The Morgan fingerprint density at radius 1 is 1.18 bits per heavy atom. The second kappa shape index (κ2) is 5.34. The first-order valence-electron chi connectivity index (χ1n) is 7.21. The lowest BCUT2D eigenvalue weighted by molar-refractivity contribution is 0.239. The Balaban J connectivity index is 1.40. The van der Waals surface area contributed by atoms with Gasteiger partial charge in [-0.1, -0.05) is 5.16 Å². The predicted molar refractivity (Wildman–Crippen MR) is 77.3 cm³/mol. The molecular formula is C13H16N8O. The van der Waals surface area contributed by atoms with Crippen molar-refractivity contribution in [3.8, 4) is 0 Å². The van der Waals surface area contributed by atoms with Gasteiger partial charge in [0.05, 0.1) is 6.54 Å². The van der Waals surface area contributed by atoms with Crippen molar-refractivity contribution in [3.05, 3.63) is 30.2 Å². The number of rotatable bonds is 3. The molecule has 1 saturated heterocycles. The molecular weight excluding hydrogens is 284 g/mol. The molecule has 3 aromatic heterocycles. The molecule has 0 bridgehead atoms. The molecule has 4 rings (SSSR count). The molecule has 0 aliphatic carbocycles. The summed E-state index contributed by atoms with van der Waals surface area (Å²) in [4.78, 5) is 8.83. The van der Waals surface area contributed by atoms with Crippen molar-refractivity contribution in [2.24, 2.45) is 0 Å². The highest BCUT2D eigenvalue weighted by Gasteiger charge is 2.20. The third-order valence-corrected chi connectivity index (χ3v) is 3.78. The number of aryl methyl sites for hydroxylation is 1. The van der Waals surface area contributed by atoms with Crippen molar-refractivity contribution in [2.45, 2.75) is 13.5 Å². The van der Waals surface area contributed by atoms with Crippen LogP contribution >= 0.6 is 0 Å². The molecule has 3 aromatic rings. The number of hydrogen-bond donors (Lipinski definition) is 0. The van der Waals surface area contributed by atoms with E-state index in [4.69, 9.17) is 4.52 Å². The summed E-state index contributed by atoms with van der Waals surface area (Å²) >= 11 is 0. The predicted octanol–water partition coefficient (Wildman–Crippen LogP) is 0.138. The normalized spacial score (nSPS) is 16.5. The van der Waals surface area contributed by atoms with Crippen LogP contribution < -0.4 is 4.90 Å². The molecule has 1 aliphatic rings. The van der Waals surface area contributed by atoms with E-state index in [1.165, 1.54) is 0 Å². The summed E-state index contributed by atoms with van der Waals surface area (Å²) in [5.74, 6) is 2.30. The molecule has 0 N–H and O–H groups in total. The molecule has 0 unspecified atom stereocenters. The molecule has 0 radical (unpaired) electrons. The quantitative estimate of drug-likeness (QED) is 0.675. The van der Waals surface area contributed by atoms with Gasteiger partial charge in [0.2, 0.25) is 5.89 Å². The Morgan fingerprint density at radius 2 is 2.05 bits per heavy atom. The Hall–Kier alpha value is -2.55. The Kier molecular flexibility index (Phi) is 3.19. The van der Waals surface area contributed by atoms with E-state index in [-0.39, 0.29) is 0 Å². The van der Waals surface area contributed by atoms with Crippen LogP contribution in [0.15, 0.2) is 23.0 Å². The molecule has 1 fully saturated rings. The Bertz CT molecular complexity index is 773. The Morgan fingerprint density at radius 3 is 2.82 bits per heavy atom. The van der Waals surface area contributed by atoms with Crippen LogP contribution in [0.2, 0.25) is 0 Å². The molecule has 9 nitrogen and oxygen atoms in total. The fraction of sp³-hybridized carbons (Fsp3) is 0.462. The van der Waals surface area contributed by atoms with Gasteiger partial charge in [0.15, 0.2) is 11.5 Å². The maximum atomic E-state index is 5.01. The highest BCUT2D eigenvalue weighted by molar-refractivity contribution is 5.45. The topological polar surface area (TPSA) is 88.5 Å². The van der Waals surface area contributed by atoms with Gasteiger partial charge in [-0.05, 0) is 12.1 Å². The minimum absolute atomic E-state index is 0.611. The van der Waals surface area contributed by atoms with Crippen LogP contribution in [0.3, 0.4) is 0 Å². The summed E-state index contributed by atoms with van der Waals surface area (Å²) in [5, 5.41) is 16.3. The van der Waals surface area contributed by atoms with Crippen LogP contribution in [0.1, 0.15) is 11.7 Å². The first-order valence-corrected chi connectivity index (χ1v) is 7.21. The summed E-state index contributed by atoms with van der Waals surface area (Å²) in [5.41, 5.74) is 0.759. The van der Waals surface area contributed by atoms with E-state index in [1.54, 1.807) is 17.8 Å². The number of fused-ring (bicyclic) bond motifs is 1. The third kappa shape index (κ3) is 2.50. The fourth-order valence-electron chi connectivity index (χ4n) is 2.63. The standard InChI is InChI=1S/C13H16N8O/c1-10-15-11(18-22-10)8-19-4-6-20(7-5-19)13-3-2-12-16-14-9-21(12)17-13/h2-3,9H,4-8H2,1H3. The molecule has 4 heterocycles. The van der Waals surface area contributed by atoms with Crippen molar-refractivity contribution in [1.82, 2.24) is 34.9 Å². The second-order valence-electron chi connectivity index (χ2n) is 5.32. The first kappa shape index (κ1) is 13.1.